The minimum Gasteiger partial charge on any atom is -0.387 e. The highest BCUT2D eigenvalue weighted by molar-refractivity contribution is 5.79. The van der Waals surface area contributed by atoms with Crippen molar-refractivity contribution in [2.75, 3.05) is 0 Å². The first-order valence-corrected chi connectivity index (χ1v) is 8.69. The maximum atomic E-state index is 7.31. The van der Waals surface area contributed by atoms with Gasteiger partial charge < -0.3 is 10.7 Å². The van der Waals surface area contributed by atoms with Crippen LogP contribution in [0.25, 0.3) is 28.9 Å². The van der Waals surface area contributed by atoms with Gasteiger partial charge >= 0.3 is 0 Å². The second kappa shape index (κ2) is 7.78. The van der Waals surface area contributed by atoms with E-state index in [4.69, 9.17) is 16.1 Å². The molecular formula is C21H23N5. The van der Waals surface area contributed by atoms with Crippen LogP contribution in [0.2, 0.25) is 0 Å². The number of benzene rings is 1. The molecule has 26 heavy (non-hydrogen) atoms. The van der Waals surface area contributed by atoms with Gasteiger partial charge in [-0.15, -0.1) is 0 Å². The molecule has 3 aromatic rings. The number of hydrogen-bond acceptors (Lipinski definition) is 3. The Hall–Kier alpha value is -3.21. The summed E-state index contributed by atoms with van der Waals surface area (Å²) >= 11 is 0. The third-order valence-corrected chi connectivity index (χ3v) is 4.12. The van der Waals surface area contributed by atoms with Gasteiger partial charge in [-0.25, -0.2) is 9.97 Å². The number of aromatic amines is 1. The molecule has 132 valence electrons. The molecule has 0 aliphatic carbocycles. The Bertz CT molecular complexity index is 935. The average molecular weight is 345 g/mol. The van der Waals surface area contributed by atoms with E-state index in [0.29, 0.717) is 6.42 Å². The molecule has 0 spiro atoms. The summed E-state index contributed by atoms with van der Waals surface area (Å²) in [5.74, 6) is 0.890. The first kappa shape index (κ1) is 17.6. The van der Waals surface area contributed by atoms with Crippen LogP contribution in [-0.4, -0.2) is 20.8 Å². The molecule has 0 unspecified atom stereocenters. The van der Waals surface area contributed by atoms with Gasteiger partial charge in [-0.3, -0.25) is 5.41 Å². The molecular weight excluding hydrogens is 322 g/mol. The number of aromatic nitrogens is 3. The summed E-state index contributed by atoms with van der Waals surface area (Å²) in [6, 6.07) is 14.3. The zero-order valence-corrected chi connectivity index (χ0v) is 15.1. The first-order chi connectivity index (χ1) is 12.6. The minimum atomic E-state index is 0.141. The topological polar surface area (TPSA) is 91.4 Å². The normalized spacial score (nSPS) is 11.2. The smallest absolute Gasteiger partial charge is 0.156 e. The molecule has 1 aromatic carbocycles. The quantitative estimate of drug-likeness (QED) is 0.458. The number of nitrogens with one attached hydrogen (secondary N) is 2. The second-order valence-corrected chi connectivity index (χ2v) is 6.21. The van der Waals surface area contributed by atoms with Crippen LogP contribution in [0.5, 0.6) is 0 Å². The lowest BCUT2D eigenvalue weighted by Gasteiger charge is -2.03. The molecule has 2 heterocycles. The molecule has 0 saturated carbocycles. The number of aryl methyl sites for hydroxylation is 2. The van der Waals surface area contributed by atoms with E-state index >= 15 is 0 Å². The van der Waals surface area contributed by atoms with E-state index < -0.39 is 0 Å². The van der Waals surface area contributed by atoms with Gasteiger partial charge in [-0.2, -0.15) is 0 Å². The fourth-order valence-corrected chi connectivity index (χ4v) is 2.70. The van der Waals surface area contributed by atoms with E-state index in [1.807, 2.05) is 30.4 Å². The number of imidazole rings is 1. The van der Waals surface area contributed by atoms with E-state index in [2.05, 4.69) is 48.1 Å². The van der Waals surface area contributed by atoms with Gasteiger partial charge in [0.2, 0.25) is 0 Å². The van der Waals surface area contributed by atoms with E-state index in [1.54, 1.807) is 0 Å². The van der Waals surface area contributed by atoms with Crippen LogP contribution in [0.4, 0.5) is 0 Å². The van der Waals surface area contributed by atoms with Gasteiger partial charge in [0.1, 0.15) is 5.69 Å². The van der Waals surface area contributed by atoms with Crippen molar-refractivity contribution in [3.8, 4) is 22.8 Å². The van der Waals surface area contributed by atoms with Crippen molar-refractivity contribution < 1.29 is 0 Å². The maximum Gasteiger partial charge on any atom is 0.156 e. The molecule has 0 amide bonds. The highest BCUT2D eigenvalue weighted by Gasteiger charge is 2.10. The fraction of sp³-hybridized carbons (Fsp3) is 0.190. The Labute approximate surface area is 153 Å². The maximum absolute atomic E-state index is 7.31. The van der Waals surface area contributed by atoms with Crippen LogP contribution >= 0.6 is 0 Å². The highest BCUT2D eigenvalue weighted by Crippen LogP contribution is 2.23. The lowest BCUT2D eigenvalue weighted by Crippen LogP contribution is -2.06. The van der Waals surface area contributed by atoms with Crippen LogP contribution in [0.1, 0.15) is 30.3 Å². The summed E-state index contributed by atoms with van der Waals surface area (Å²) in [6.45, 7) is 4.15. The van der Waals surface area contributed by atoms with Gasteiger partial charge in [-0.05, 0) is 31.6 Å². The zero-order valence-electron chi connectivity index (χ0n) is 15.1. The monoisotopic (exact) mass is 345 g/mol. The summed E-state index contributed by atoms with van der Waals surface area (Å²) in [5, 5.41) is 7.31. The SMILES string of the molecule is CCc1[nH]c(-c2cccc(-c3ccc(C)cc3)n2)nc1/C=C\CC(=N)N. The summed E-state index contributed by atoms with van der Waals surface area (Å²) in [7, 11) is 0. The summed E-state index contributed by atoms with van der Waals surface area (Å²) in [4.78, 5) is 12.8. The number of amidine groups is 1. The molecule has 0 saturated heterocycles. The second-order valence-electron chi connectivity index (χ2n) is 6.21. The predicted molar refractivity (Wildman–Crippen MR) is 107 cm³/mol. The molecule has 0 fully saturated rings. The number of hydrogen-bond donors (Lipinski definition) is 3. The summed E-state index contributed by atoms with van der Waals surface area (Å²) in [6.07, 6.45) is 5.03. The highest BCUT2D eigenvalue weighted by atomic mass is 15.0. The van der Waals surface area contributed by atoms with Crippen LogP contribution in [0.15, 0.2) is 48.5 Å². The Balaban J connectivity index is 1.93. The van der Waals surface area contributed by atoms with Crippen LogP contribution < -0.4 is 5.73 Å². The molecule has 2 aromatic heterocycles. The van der Waals surface area contributed by atoms with Crippen molar-refractivity contribution >= 4 is 11.9 Å². The van der Waals surface area contributed by atoms with Crippen molar-refractivity contribution in [3.63, 3.8) is 0 Å². The largest absolute Gasteiger partial charge is 0.387 e. The van der Waals surface area contributed by atoms with Gasteiger partial charge in [0.05, 0.1) is 17.2 Å². The number of pyridine rings is 1. The van der Waals surface area contributed by atoms with Gasteiger partial charge in [0, 0.05) is 17.7 Å². The molecule has 3 rings (SSSR count). The summed E-state index contributed by atoms with van der Waals surface area (Å²) < 4.78 is 0. The third kappa shape index (κ3) is 4.06. The van der Waals surface area contributed by atoms with Crippen molar-refractivity contribution in [2.24, 2.45) is 5.73 Å². The van der Waals surface area contributed by atoms with E-state index in [9.17, 15) is 0 Å². The number of H-pyrrole nitrogens is 1. The molecule has 0 aliphatic rings. The van der Waals surface area contributed by atoms with Gasteiger partial charge in [0.15, 0.2) is 5.82 Å². The Morgan fingerprint density at radius 1 is 1.12 bits per heavy atom. The lowest BCUT2D eigenvalue weighted by molar-refractivity contribution is 1.06. The van der Waals surface area contributed by atoms with Gasteiger partial charge in [-0.1, -0.05) is 48.9 Å². The molecule has 0 radical (unpaired) electrons. The Morgan fingerprint density at radius 3 is 2.54 bits per heavy atom. The summed E-state index contributed by atoms with van der Waals surface area (Å²) in [5.41, 5.74) is 11.4. The number of nitrogens with two attached hydrogens (primary N) is 1. The van der Waals surface area contributed by atoms with Crippen molar-refractivity contribution in [3.05, 3.63) is 65.5 Å². The Morgan fingerprint density at radius 2 is 1.85 bits per heavy atom. The minimum absolute atomic E-state index is 0.141. The van der Waals surface area contributed by atoms with Crippen LogP contribution in [0.3, 0.4) is 0 Å². The molecule has 0 aliphatic heterocycles. The van der Waals surface area contributed by atoms with E-state index in [1.165, 1.54) is 5.56 Å². The van der Waals surface area contributed by atoms with E-state index in [0.717, 1.165) is 40.6 Å². The molecule has 4 N–H and O–H groups in total. The number of rotatable bonds is 6. The first-order valence-electron chi connectivity index (χ1n) is 8.69. The van der Waals surface area contributed by atoms with Crippen molar-refractivity contribution in [1.82, 2.24) is 15.0 Å². The Kier molecular flexibility index (Phi) is 5.27. The molecule has 5 nitrogen and oxygen atoms in total. The van der Waals surface area contributed by atoms with Crippen molar-refractivity contribution in [1.29, 1.82) is 5.41 Å². The lowest BCUT2D eigenvalue weighted by atomic mass is 10.1. The standard InChI is InChI=1S/C21H23N5/c1-3-16-18(7-5-9-20(22)23)26-21(25-16)19-8-4-6-17(24-19)15-12-10-14(2)11-13-15/h4-8,10-13H,3,9H2,1-2H3,(H3,22,23)(H,25,26)/b7-5-. The molecule has 5 heteroatoms. The third-order valence-electron chi connectivity index (χ3n) is 4.12. The fourth-order valence-electron chi connectivity index (χ4n) is 2.70. The van der Waals surface area contributed by atoms with Crippen LogP contribution in [0, 0.1) is 12.3 Å². The number of nitrogens with zero attached hydrogens (tertiary/aromatic N) is 2. The zero-order chi connectivity index (χ0) is 18.5. The van der Waals surface area contributed by atoms with E-state index in [-0.39, 0.29) is 5.84 Å². The van der Waals surface area contributed by atoms with Crippen molar-refractivity contribution in [2.45, 2.75) is 26.7 Å². The molecule has 0 bridgehead atoms. The van der Waals surface area contributed by atoms with Gasteiger partial charge in [0.25, 0.3) is 0 Å². The molecule has 0 atom stereocenters. The average Bonchev–Trinajstić information content (AvgIpc) is 3.05. The predicted octanol–water partition coefficient (Wildman–Crippen LogP) is 4.35. The van der Waals surface area contributed by atoms with Crippen LogP contribution in [-0.2, 0) is 6.42 Å².